The van der Waals surface area contributed by atoms with Gasteiger partial charge in [-0.15, -0.1) is 0 Å². The van der Waals surface area contributed by atoms with Crippen LogP contribution < -0.4 is 5.32 Å². The zero-order valence-electron chi connectivity index (χ0n) is 6.85. The van der Waals surface area contributed by atoms with Crippen LogP contribution in [0.4, 0.5) is 4.79 Å². The van der Waals surface area contributed by atoms with Gasteiger partial charge in [-0.2, -0.15) is 0 Å². The molecule has 1 saturated heterocycles. The van der Waals surface area contributed by atoms with Gasteiger partial charge in [-0.25, -0.2) is 4.79 Å². The molecule has 1 fully saturated rings. The first-order valence-electron chi connectivity index (χ1n) is 3.66. The van der Waals surface area contributed by atoms with Gasteiger partial charge in [0.25, 0.3) is 0 Å². The van der Waals surface area contributed by atoms with Crippen molar-refractivity contribution < 1.29 is 14.3 Å². The predicted octanol–water partition coefficient (Wildman–Crippen LogP) is 0.521. The molecule has 0 saturated carbocycles. The summed E-state index contributed by atoms with van der Waals surface area (Å²) < 4.78 is 9.48. The standard InChI is InChI=1S/C7H13NO3/c1-3-7(4-11-5-7)8-6(9)10-2/h3-5H2,1-2H3,(H,8,9). The first-order chi connectivity index (χ1) is 5.22. The van der Waals surface area contributed by atoms with Crippen molar-refractivity contribution in [2.45, 2.75) is 18.9 Å². The van der Waals surface area contributed by atoms with Gasteiger partial charge in [-0.3, -0.25) is 0 Å². The Balaban J connectivity index is 2.38. The number of nitrogens with one attached hydrogen (secondary N) is 1. The van der Waals surface area contributed by atoms with Crippen molar-refractivity contribution in [2.75, 3.05) is 20.3 Å². The third-order valence-electron chi connectivity index (χ3n) is 1.99. The summed E-state index contributed by atoms with van der Waals surface area (Å²) in [7, 11) is 1.36. The summed E-state index contributed by atoms with van der Waals surface area (Å²) in [5.41, 5.74) is -0.160. The fraction of sp³-hybridized carbons (Fsp3) is 0.857. The molecule has 0 aliphatic carbocycles. The topological polar surface area (TPSA) is 47.6 Å². The van der Waals surface area contributed by atoms with Gasteiger partial charge in [0.1, 0.15) is 0 Å². The molecule has 4 heteroatoms. The average Bonchev–Trinajstić information content (AvgIpc) is 1.96. The molecule has 0 unspecified atom stereocenters. The van der Waals surface area contributed by atoms with Crippen LogP contribution in [-0.4, -0.2) is 32.0 Å². The Hall–Kier alpha value is -0.770. The molecule has 64 valence electrons. The van der Waals surface area contributed by atoms with E-state index in [1.807, 2.05) is 6.92 Å². The van der Waals surface area contributed by atoms with E-state index in [9.17, 15) is 4.79 Å². The monoisotopic (exact) mass is 159 g/mol. The van der Waals surface area contributed by atoms with E-state index in [1.54, 1.807) is 0 Å². The maximum absolute atomic E-state index is 10.8. The number of carbonyl (C=O) groups excluding carboxylic acids is 1. The van der Waals surface area contributed by atoms with Crippen molar-refractivity contribution in [3.05, 3.63) is 0 Å². The van der Waals surface area contributed by atoms with E-state index in [-0.39, 0.29) is 11.6 Å². The van der Waals surface area contributed by atoms with Gasteiger partial charge in [0.05, 0.1) is 25.9 Å². The second kappa shape index (κ2) is 3.09. The average molecular weight is 159 g/mol. The number of methoxy groups -OCH3 is 1. The minimum atomic E-state index is -0.379. The molecule has 4 nitrogen and oxygen atoms in total. The second-order valence-electron chi connectivity index (χ2n) is 2.74. The zero-order valence-corrected chi connectivity index (χ0v) is 6.85. The van der Waals surface area contributed by atoms with Crippen LogP contribution >= 0.6 is 0 Å². The summed E-state index contributed by atoms with van der Waals surface area (Å²) in [5.74, 6) is 0. The molecule has 0 aromatic rings. The van der Waals surface area contributed by atoms with Crippen molar-refractivity contribution in [2.24, 2.45) is 0 Å². The van der Waals surface area contributed by atoms with Crippen molar-refractivity contribution in [1.29, 1.82) is 0 Å². The van der Waals surface area contributed by atoms with E-state index in [0.717, 1.165) is 6.42 Å². The van der Waals surface area contributed by atoms with Gasteiger partial charge >= 0.3 is 6.09 Å². The summed E-state index contributed by atoms with van der Waals surface area (Å²) in [6, 6.07) is 0. The Labute approximate surface area is 65.9 Å². The van der Waals surface area contributed by atoms with E-state index < -0.39 is 0 Å². The van der Waals surface area contributed by atoms with Crippen LogP contribution in [0.25, 0.3) is 0 Å². The van der Waals surface area contributed by atoms with Crippen molar-refractivity contribution >= 4 is 6.09 Å². The number of amides is 1. The molecule has 11 heavy (non-hydrogen) atoms. The Bertz CT molecular complexity index is 148. The fourth-order valence-corrected chi connectivity index (χ4v) is 0.981. The molecule has 0 bridgehead atoms. The number of hydrogen-bond donors (Lipinski definition) is 1. The van der Waals surface area contributed by atoms with Gasteiger partial charge in [0.2, 0.25) is 0 Å². The Morgan fingerprint density at radius 2 is 2.36 bits per heavy atom. The van der Waals surface area contributed by atoms with Crippen LogP contribution in [0.5, 0.6) is 0 Å². The highest BCUT2D eigenvalue weighted by Gasteiger charge is 2.38. The summed E-state index contributed by atoms with van der Waals surface area (Å²) in [6.45, 7) is 3.20. The molecule has 1 amide bonds. The lowest BCUT2D eigenvalue weighted by Gasteiger charge is -2.40. The highest BCUT2D eigenvalue weighted by molar-refractivity contribution is 5.68. The minimum Gasteiger partial charge on any atom is -0.453 e. The van der Waals surface area contributed by atoms with Crippen LogP contribution in [0, 0.1) is 0 Å². The number of hydrogen-bond acceptors (Lipinski definition) is 3. The molecule has 1 aliphatic rings. The molecular weight excluding hydrogens is 146 g/mol. The first-order valence-corrected chi connectivity index (χ1v) is 3.66. The lowest BCUT2D eigenvalue weighted by atomic mass is 9.94. The van der Waals surface area contributed by atoms with E-state index in [2.05, 4.69) is 10.1 Å². The van der Waals surface area contributed by atoms with Gasteiger partial charge in [0.15, 0.2) is 0 Å². The number of ether oxygens (including phenoxy) is 2. The maximum Gasteiger partial charge on any atom is 0.407 e. The number of carbonyl (C=O) groups is 1. The molecule has 0 radical (unpaired) electrons. The molecule has 1 N–H and O–H groups in total. The third kappa shape index (κ3) is 1.63. The normalized spacial score (nSPS) is 20.2. The van der Waals surface area contributed by atoms with Crippen molar-refractivity contribution in [3.8, 4) is 0 Å². The Morgan fingerprint density at radius 1 is 1.73 bits per heavy atom. The van der Waals surface area contributed by atoms with Crippen LogP contribution in [-0.2, 0) is 9.47 Å². The van der Waals surface area contributed by atoms with Crippen molar-refractivity contribution in [3.63, 3.8) is 0 Å². The molecular formula is C7H13NO3. The molecule has 0 atom stereocenters. The van der Waals surface area contributed by atoms with Gasteiger partial charge in [0, 0.05) is 0 Å². The van der Waals surface area contributed by atoms with Gasteiger partial charge < -0.3 is 14.8 Å². The fourth-order valence-electron chi connectivity index (χ4n) is 0.981. The Kier molecular flexibility index (Phi) is 2.34. The molecule has 1 rings (SSSR count). The molecule has 0 aromatic heterocycles. The predicted molar refractivity (Wildman–Crippen MR) is 39.4 cm³/mol. The summed E-state index contributed by atoms with van der Waals surface area (Å²) in [4.78, 5) is 10.8. The SMILES string of the molecule is CCC1(NC(=O)OC)COC1. The molecule has 1 heterocycles. The van der Waals surface area contributed by atoms with Crippen LogP contribution in [0.2, 0.25) is 0 Å². The van der Waals surface area contributed by atoms with Crippen LogP contribution in [0.1, 0.15) is 13.3 Å². The quantitative estimate of drug-likeness (QED) is 0.639. The lowest BCUT2D eigenvalue weighted by Crippen LogP contribution is -2.61. The number of rotatable bonds is 2. The highest BCUT2D eigenvalue weighted by Crippen LogP contribution is 2.20. The van der Waals surface area contributed by atoms with Crippen molar-refractivity contribution in [1.82, 2.24) is 5.32 Å². The summed E-state index contributed by atoms with van der Waals surface area (Å²) in [6.07, 6.45) is 0.498. The largest absolute Gasteiger partial charge is 0.453 e. The lowest BCUT2D eigenvalue weighted by molar-refractivity contribution is -0.0727. The minimum absolute atomic E-state index is 0.160. The van der Waals surface area contributed by atoms with Gasteiger partial charge in [-0.05, 0) is 6.42 Å². The van der Waals surface area contributed by atoms with Crippen LogP contribution in [0.3, 0.4) is 0 Å². The van der Waals surface area contributed by atoms with E-state index in [4.69, 9.17) is 4.74 Å². The van der Waals surface area contributed by atoms with E-state index >= 15 is 0 Å². The van der Waals surface area contributed by atoms with E-state index in [1.165, 1.54) is 7.11 Å². The molecule has 0 aromatic carbocycles. The second-order valence-corrected chi connectivity index (χ2v) is 2.74. The number of alkyl carbamates (subject to hydrolysis) is 1. The highest BCUT2D eigenvalue weighted by atomic mass is 16.5. The smallest absolute Gasteiger partial charge is 0.407 e. The van der Waals surface area contributed by atoms with Gasteiger partial charge in [-0.1, -0.05) is 6.92 Å². The Morgan fingerprint density at radius 3 is 2.64 bits per heavy atom. The first kappa shape index (κ1) is 8.33. The van der Waals surface area contributed by atoms with E-state index in [0.29, 0.717) is 13.2 Å². The molecule has 0 spiro atoms. The summed E-state index contributed by atoms with van der Waals surface area (Å²) >= 11 is 0. The third-order valence-corrected chi connectivity index (χ3v) is 1.99. The zero-order chi connectivity index (χ0) is 8.32. The maximum atomic E-state index is 10.8. The van der Waals surface area contributed by atoms with Crippen LogP contribution in [0.15, 0.2) is 0 Å². The summed E-state index contributed by atoms with van der Waals surface area (Å²) in [5, 5.41) is 2.74. The molecule has 1 aliphatic heterocycles.